The summed E-state index contributed by atoms with van der Waals surface area (Å²) in [5.74, 6) is 0.398. The number of hydrogen-bond acceptors (Lipinski definition) is 2. The molecule has 0 saturated carbocycles. The molecule has 0 aliphatic heterocycles. The summed E-state index contributed by atoms with van der Waals surface area (Å²) in [6.45, 7) is 8.34. The molecule has 3 heteroatoms. The van der Waals surface area contributed by atoms with Crippen molar-refractivity contribution in [2.45, 2.75) is 79.1 Å². The Morgan fingerprint density at radius 1 is 0.737 bits per heavy atom. The van der Waals surface area contributed by atoms with Gasteiger partial charge < -0.3 is 9.59 Å². The van der Waals surface area contributed by atoms with Crippen molar-refractivity contribution in [1.82, 2.24) is 0 Å². The van der Waals surface area contributed by atoms with E-state index in [2.05, 4.69) is 13.8 Å². The van der Waals surface area contributed by atoms with Crippen LogP contribution in [-0.4, -0.2) is 12.6 Å². The Bertz CT molecular complexity index is 164. The monoisotopic (exact) mass is 318 g/mol. The zero-order valence-electron chi connectivity index (χ0n) is 13.3. The van der Waals surface area contributed by atoms with E-state index in [-0.39, 0.29) is 31.3 Å². The van der Waals surface area contributed by atoms with Gasteiger partial charge in [-0.15, -0.1) is 11.8 Å². The van der Waals surface area contributed by atoms with Crippen LogP contribution in [0.2, 0.25) is 0 Å². The fourth-order valence-corrected chi connectivity index (χ4v) is 1.59. The molecule has 108 valence electrons. The predicted octanol–water partition coefficient (Wildman–Crippen LogP) is 4.62. The van der Waals surface area contributed by atoms with Crippen LogP contribution in [0.3, 0.4) is 0 Å². The number of unbranched alkanes of at least 4 members (excludes halogenated alkanes) is 2. The summed E-state index contributed by atoms with van der Waals surface area (Å²) in [5.41, 5.74) is 0. The van der Waals surface area contributed by atoms with E-state index in [4.69, 9.17) is 0 Å². The molecule has 0 spiro atoms. The first-order valence-corrected chi connectivity index (χ1v) is 7.45. The number of carbonyl (C=O) groups excluding carboxylic acids is 2. The minimum Gasteiger partial charge on any atom is -0.542 e. The van der Waals surface area contributed by atoms with Gasteiger partial charge in [0.15, 0.2) is 0 Å². The normalized spacial score (nSPS) is 12.4. The van der Waals surface area contributed by atoms with Gasteiger partial charge in [0.25, 0.3) is 0 Å². The van der Waals surface area contributed by atoms with Crippen LogP contribution in [0, 0.1) is 11.8 Å². The average Bonchev–Trinajstić information content (AvgIpc) is 2.42. The fourth-order valence-electron chi connectivity index (χ4n) is 1.59. The second-order valence-electron chi connectivity index (χ2n) is 4.73. The smallest absolute Gasteiger partial charge is 0.542 e. The molecule has 19 heavy (non-hydrogen) atoms. The summed E-state index contributed by atoms with van der Waals surface area (Å²) in [7, 11) is 0. The third-order valence-electron chi connectivity index (χ3n) is 3.13. The van der Waals surface area contributed by atoms with Crippen molar-refractivity contribution in [1.29, 1.82) is 0 Å². The van der Waals surface area contributed by atoms with Crippen molar-refractivity contribution in [3.05, 3.63) is 0 Å². The van der Waals surface area contributed by atoms with Gasteiger partial charge in [-0.25, -0.2) is 0 Å². The summed E-state index contributed by atoms with van der Waals surface area (Å²) in [6.07, 6.45) is 12.7. The number of hydrogen-bond donors (Lipinski definition) is 0. The molecule has 0 bridgehead atoms. The molecule has 0 aliphatic rings. The molecular formula is C16H30O2Zn. The van der Waals surface area contributed by atoms with Crippen molar-refractivity contribution < 1.29 is 29.1 Å². The maximum absolute atomic E-state index is 10.1. The average molecular weight is 320 g/mol. The minimum atomic E-state index is 0. The van der Waals surface area contributed by atoms with Gasteiger partial charge in [-0.05, 0) is 0 Å². The third-order valence-corrected chi connectivity index (χ3v) is 3.13. The molecule has 0 aromatic carbocycles. The van der Waals surface area contributed by atoms with Crippen LogP contribution in [0.1, 0.15) is 79.1 Å². The Labute approximate surface area is 132 Å². The predicted molar refractivity (Wildman–Crippen MR) is 78.0 cm³/mol. The van der Waals surface area contributed by atoms with E-state index < -0.39 is 0 Å². The molecule has 0 fully saturated rings. The van der Waals surface area contributed by atoms with Gasteiger partial charge >= 0.3 is 19.5 Å². The SMILES string of the molecule is CCCCC([C-]=O)CC.CCCCC([C-]=O)CC.[Zn+2]. The van der Waals surface area contributed by atoms with Crippen molar-refractivity contribution in [3.63, 3.8) is 0 Å². The van der Waals surface area contributed by atoms with Crippen LogP contribution >= 0.6 is 0 Å². The van der Waals surface area contributed by atoms with E-state index >= 15 is 0 Å². The zero-order valence-corrected chi connectivity index (χ0v) is 16.3. The van der Waals surface area contributed by atoms with Crippen LogP contribution in [0.25, 0.3) is 0 Å². The van der Waals surface area contributed by atoms with E-state index in [0.29, 0.717) is 0 Å². The molecule has 0 aromatic heterocycles. The van der Waals surface area contributed by atoms with Crippen molar-refractivity contribution in [2.24, 2.45) is 11.8 Å². The first-order chi connectivity index (χ1) is 8.69. The molecule has 0 amide bonds. The van der Waals surface area contributed by atoms with E-state index in [1.165, 1.54) is 12.8 Å². The van der Waals surface area contributed by atoms with Crippen LogP contribution in [-0.2, 0) is 29.1 Å². The quantitative estimate of drug-likeness (QED) is 0.435. The summed E-state index contributed by atoms with van der Waals surface area (Å²) in [6, 6.07) is 0. The first-order valence-electron chi connectivity index (χ1n) is 7.45. The molecule has 0 aliphatic carbocycles. The third kappa shape index (κ3) is 18.0. The van der Waals surface area contributed by atoms with Gasteiger partial charge in [0.05, 0.1) is 0 Å². The second-order valence-corrected chi connectivity index (χ2v) is 4.73. The van der Waals surface area contributed by atoms with Gasteiger partial charge in [0.1, 0.15) is 0 Å². The van der Waals surface area contributed by atoms with Crippen molar-refractivity contribution >= 4 is 12.6 Å². The molecule has 0 N–H and O–H groups in total. The van der Waals surface area contributed by atoms with E-state index in [1.54, 1.807) is 0 Å². The Hall–Kier alpha value is -0.0366. The van der Waals surface area contributed by atoms with Gasteiger partial charge in [0, 0.05) is 0 Å². The van der Waals surface area contributed by atoms with Crippen molar-refractivity contribution in [2.75, 3.05) is 0 Å². The summed E-state index contributed by atoms with van der Waals surface area (Å²) in [4.78, 5) is 20.2. The largest absolute Gasteiger partial charge is 2.00 e. The minimum absolute atomic E-state index is 0. The van der Waals surface area contributed by atoms with Gasteiger partial charge in [-0.2, -0.15) is 0 Å². The maximum atomic E-state index is 10.1. The van der Waals surface area contributed by atoms with Crippen LogP contribution in [0.5, 0.6) is 0 Å². The van der Waals surface area contributed by atoms with Crippen LogP contribution in [0.15, 0.2) is 0 Å². The van der Waals surface area contributed by atoms with E-state index in [1.807, 2.05) is 26.4 Å². The Kier molecular flexibility index (Phi) is 25.6. The van der Waals surface area contributed by atoms with E-state index in [9.17, 15) is 9.59 Å². The van der Waals surface area contributed by atoms with Gasteiger partial charge in [-0.3, -0.25) is 12.6 Å². The molecular weight excluding hydrogens is 290 g/mol. The van der Waals surface area contributed by atoms with Crippen molar-refractivity contribution in [3.8, 4) is 0 Å². The molecule has 0 rings (SSSR count). The molecule has 0 saturated heterocycles. The molecule has 2 unspecified atom stereocenters. The zero-order chi connectivity index (χ0) is 14.2. The Balaban J connectivity index is -0.000000256. The Morgan fingerprint density at radius 3 is 1.21 bits per heavy atom. The van der Waals surface area contributed by atoms with E-state index in [0.717, 1.165) is 38.5 Å². The molecule has 2 atom stereocenters. The summed E-state index contributed by atoms with van der Waals surface area (Å²) >= 11 is 0. The number of rotatable bonds is 10. The maximum Gasteiger partial charge on any atom is 2.00 e. The van der Waals surface area contributed by atoms with Crippen LogP contribution < -0.4 is 0 Å². The first kappa shape index (κ1) is 24.0. The molecule has 2 nitrogen and oxygen atoms in total. The van der Waals surface area contributed by atoms with Crippen LogP contribution in [0.4, 0.5) is 0 Å². The summed E-state index contributed by atoms with van der Waals surface area (Å²) < 4.78 is 0. The standard InChI is InChI=1S/2C8H15O.Zn/c2*1-3-5-6-8(4-2)7-9;/h2*8H,3-6H2,1-2H3;/q2*-1;+2. The topological polar surface area (TPSA) is 34.1 Å². The Morgan fingerprint density at radius 2 is 1.05 bits per heavy atom. The second kappa shape index (κ2) is 20.3. The molecule has 0 radical (unpaired) electrons. The molecule has 0 aromatic rings. The van der Waals surface area contributed by atoms with Gasteiger partial charge in [-0.1, -0.05) is 79.1 Å². The van der Waals surface area contributed by atoms with Gasteiger partial charge in [0.2, 0.25) is 0 Å². The summed E-state index contributed by atoms with van der Waals surface area (Å²) in [5, 5.41) is 0. The fraction of sp³-hybridized carbons (Fsp3) is 0.875. The molecule has 0 heterocycles.